The van der Waals surface area contributed by atoms with Crippen molar-refractivity contribution in [1.82, 2.24) is 9.80 Å². The topological polar surface area (TPSA) is 115 Å². The summed E-state index contributed by atoms with van der Waals surface area (Å²) in [5.41, 5.74) is 0.951. The van der Waals surface area contributed by atoms with E-state index in [1.807, 2.05) is 0 Å². The molecule has 1 aromatic rings. The Balaban J connectivity index is 1.81. The van der Waals surface area contributed by atoms with Crippen molar-refractivity contribution in [2.45, 2.75) is 12.8 Å². The largest absolute Gasteiger partial charge is 0.468 e. The third-order valence-corrected chi connectivity index (χ3v) is 5.89. The first kappa shape index (κ1) is 23.6. The number of carbonyl (C=O) groups excluding carboxylic acids is 2. The number of piperazine rings is 1. The third kappa shape index (κ3) is 5.38. The van der Waals surface area contributed by atoms with E-state index in [1.165, 1.54) is 31.5 Å². The summed E-state index contributed by atoms with van der Waals surface area (Å²) in [5, 5.41) is 11.3. The zero-order chi connectivity index (χ0) is 23.3. The van der Waals surface area contributed by atoms with Crippen LogP contribution in [0.25, 0.3) is 0 Å². The van der Waals surface area contributed by atoms with Gasteiger partial charge >= 0.3 is 11.9 Å². The molecular weight excluding hydrogens is 416 g/mol. The molecular formula is C22H28N4O6. The van der Waals surface area contributed by atoms with Crippen LogP contribution in [0.4, 0.5) is 5.69 Å². The predicted octanol–water partition coefficient (Wildman–Crippen LogP) is 1.62. The molecule has 2 aliphatic rings. The molecule has 2 aliphatic heterocycles. The number of non-ortho nitro benzene ring substituents is 1. The van der Waals surface area contributed by atoms with Gasteiger partial charge in [0.15, 0.2) is 0 Å². The summed E-state index contributed by atoms with van der Waals surface area (Å²) in [4.78, 5) is 45.0. The van der Waals surface area contributed by atoms with Crippen LogP contribution in [0.5, 0.6) is 0 Å². The van der Waals surface area contributed by atoms with Crippen LogP contribution in [0.1, 0.15) is 18.4 Å². The number of likely N-dealkylation sites (N-methyl/N-ethyl adjacent to an activating group) is 1. The average molecular weight is 444 g/mol. The van der Waals surface area contributed by atoms with Crippen LogP contribution in [0.15, 0.2) is 41.0 Å². The van der Waals surface area contributed by atoms with Gasteiger partial charge in [0.2, 0.25) is 0 Å². The summed E-state index contributed by atoms with van der Waals surface area (Å²) >= 11 is 0. The lowest BCUT2D eigenvalue weighted by atomic mass is 9.77. The van der Waals surface area contributed by atoms with E-state index in [0.717, 1.165) is 26.2 Å². The molecule has 2 unspecified atom stereocenters. The number of hydrogen-bond donors (Lipinski definition) is 0. The van der Waals surface area contributed by atoms with Gasteiger partial charge in [-0.1, -0.05) is 12.1 Å². The molecule has 0 bridgehead atoms. The Morgan fingerprint density at radius 3 is 2.62 bits per heavy atom. The molecule has 0 aliphatic carbocycles. The van der Waals surface area contributed by atoms with Gasteiger partial charge in [0.1, 0.15) is 12.5 Å². The molecule has 0 aromatic heterocycles. The third-order valence-electron chi connectivity index (χ3n) is 5.89. The number of carbonyl (C=O) groups is 2. The van der Waals surface area contributed by atoms with E-state index in [2.05, 4.69) is 21.8 Å². The molecule has 1 saturated heterocycles. The highest BCUT2D eigenvalue weighted by atomic mass is 16.6. The van der Waals surface area contributed by atoms with Gasteiger partial charge in [0.25, 0.3) is 5.69 Å². The Kier molecular flexibility index (Phi) is 7.70. The molecule has 3 rings (SSSR count). The number of nitrogens with zero attached hydrogens (tertiary/aromatic N) is 4. The molecule has 0 radical (unpaired) electrons. The second-order valence-electron chi connectivity index (χ2n) is 7.97. The van der Waals surface area contributed by atoms with Crippen molar-refractivity contribution < 1.29 is 24.0 Å². The summed E-state index contributed by atoms with van der Waals surface area (Å²) in [6.45, 7) is 6.20. The second-order valence-corrected chi connectivity index (χ2v) is 7.97. The lowest BCUT2D eigenvalue weighted by Gasteiger charge is -2.32. The fourth-order valence-electron chi connectivity index (χ4n) is 3.99. The number of ether oxygens (including phenoxy) is 2. The van der Waals surface area contributed by atoms with Crippen LogP contribution >= 0.6 is 0 Å². The number of rotatable bonds is 7. The minimum atomic E-state index is -0.882. The Morgan fingerprint density at radius 1 is 1.25 bits per heavy atom. The van der Waals surface area contributed by atoms with E-state index < -0.39 is 28.7 Å². The molecule has 32 heavy (non-hydrogen) atoms. The molecule has 0 spiro atoms. The normalized spacial score (nSPS) is 22.0. The van der Waals surface area contributed by atoms with Crippen LogP contribution in [0.2, 0.25) is 0 Å². The van der Waals surface area contributed by atoms with E-state index >= 15 is 0 Å². The van der Waals surface area contributed by atoms with Crippen LogP contribution in [-0.4, -0.2) is 85.9 Å². The monoisotopic (exact) mass is 444 g/mol. The van der Waals surface area contributed by atoms with Crippen molar-refractivity contribution >= 4 is 23.3 Å². The van der Waals surface area contributed by atoms with Crippen molar-refractivity contribution in [2.24, 2.45) is 10.9 Å². The molecule has 10 nitrogen and oxygen atoms in total. The van der Waals surface area contributed by atoms with Gasteiger partial charge < -0.3 is 14.4 Å². The fraction of sp³-hybridized carbons (Fsp3) is 0.500. The van der Waals surface area contributed by atoms with Gasteiger partial charge in [0.05, 0.1) is 17.6 Å². The zero-order valence-electron chi connectivity index (χ0n) is 18.5. The lowest BCUT2D eigenvalue weighted by Crippen LogP contribution is -2.45. The summed E-state index contributed by atoms with van der Waals surface area (Å²) in [6, 6.07) is 5.90. The van der Waals surface area contributed by atoms with Crippen LogP contribution < -0.4 is 0 Å². The molecule has 0 N–H and O–H groups in total. The van der Waals surface area contributed by atoms with Crippen molar-refractivity contribution in [1.29, 1.82) is 0 Å². The maximum atomic E-state index is 13.0. The fourth-order valence-corrected chi connectivity index (χ4v) is 3.99. The Labute approximate surface area is 186 Å². The number of nitro benzene ring substituents is 1. The number of methoxy groups -OCH3 is 1. The zero-order valence-corrected chi connectivity index (χ0v) is 18.5. The SMILES string of the molecule is COC(=O)C1C(C)=NC=C(C(=O)OCCN2CCN(C)CC2)C1c1cccc([N+](=O)[O-])c1. The number of esters is 2. The minimum absolute atomic E-state index is 0.130. The standard InChI is InChI=1S/C22H28N4O6/c1-15-19(22(28)31-3)20(16-5-4-6-17(13-16)26(29)30)18(14-23-15)21(27)32-12-11-25-9-7-24(2)8-10-25/h4-6,13-14,19-20H,7-12H2,1-3H3. The van der Waals surface area contributed by atoms with E-state index in [1.54, 1.807) is 13.0 Å². The maximum absolute atomic E-state index is 13.0. The quantitative estimate of drug-likeness (QED) is 0.354. The van der Waals surface area contributed by atoms with E-state index in [4.69, 9.17) is 9.47 Å². The molecule has 2 atom stereocenters. The molecule has 1 fully saturated rings. The van der Waals surface area contributed by atoms with E-state index in [0.29, 0.717) is 17.8 Å². The van der Waals surface area contributed by atoms with E-state index in [-0.39, 0.29) is 17.9 Å². The summed E-state index contributed by atoms with van der Waals surface area (Å²) < 4.78 is 10.5. The highest BCUT2D eigenvalue weighted by Gasteiger charge is 2.41. The minimum Gasteiger partial charge on any atom is -0.468 e. The average Bonchev–Trinajstić information content (AvgIpc) is 2.79. The van der Waals surface area contributed by atoms with Gasteiger partial charge in [-0.2, -0.15) is 0 Å². The number of aliphatic imine (C=N–C) groups is 1. The van der Waals surface area contributed by atoms with Crippen LogP contribution in [0, 0.1) is 16.0 Å². The van der Waals surface area contributed by atoms with Gasteiger partial charge in [0, 0.05) is 62.7 Å². The summed E-state index contributed by atoms with van der Waals surface area (Å²) in [7, 11) is 3.33. The number of benzene rings is 1. The molecule has 0 saturated carbocycles. The van der Waals surface area contributed by atoms with Gasteiger partial charge in [-0.25, -0.2) is 4.79 Å². The molecule has 2 heterocycles. The molecule has 10 heteroatoms. The highest BCUT2D eigenvalue weighted by molar-refractivity contribution is 6.06. The van der Waals surface area contributed by atoms with Gasteiger partial charge in [-0.05, 0) is 19.5 Å². The molecule has 1 aromatic carbocycles. The van der Waals surface area contributed by atoms with E-state index in [9.17, 15) is 19.7 Å². The first-order chi connectivity index (χ1) is 15.3. The maximum Gasteiger partial charge on any atom is 0.336 e. The molecule has 0 amide bonds. The van der Waals surface area contributed by atoms with Gasteiger partial charge in [-0.3, -0.25) is 24.8 Å². The predicted molar refractivity (Wildman–Crippen MR) is 117 cm³/mol. The Hall–Kier alpha value is -3.11. The summed E-state index contributed by atoms with van der Waals surface area (Å²) in [6.07, 6.45) is 1.39. The lowest BCUT2D eigenvalue weighted by molar-refractivity contribution is -0.384. The van der Waals surface area contributed by atoms with Gasteiger partial charge in [-0.15, -0.1) is 0 Å². The Bertz CT molecular complexity index is 936. The van der Waals surface area contributed by atoms with Crippen molar-refractivity contribution in [2.75, 3.05) is 53.5 Å². The highest BCUT2D eigenvalue weighted by Crippen LogP contribution is 2.38. The first-order valence-electron chi connectivity index (χ1n) is 10.5. The number of hydrogen-bond acceptors (Lipinski definition) is 9. The van der Waals surface area contributed by atoms with Crippen molar-refractivity contribution in [3.8, 4) is 0 Å². The number of nitro groups is 1. The first-order valence-corrected chi connectivity index (χ1v) is 10.5. The van der Waals surface area contributed by atoms with Crippen molar-refractivity contribution in [3.63, 3.8) is 0 Å². The summed E-state index contributed by atoms with van der Waals surface area (Å²) in [5.74, 6) is -2.84. The smallest absolute Gasteiger partial charge is 0.336 e. The van der Waals surface area contributed by atoms with Crippen LogP contribution in [-0.2, 0) is 19.1 Å². The Morgan fingerprint density at radius 2 is 1.97 bits per heavy atom. The van der Waals surface area contributed by atoms with Crippen molar-refractivity contribution in [3.05, 3.63) is 51.7 Å². The molecule has 172 valence electrons. The van der Waals surface area contributed by atoms with Crippen LogP contribution in [0.3, 0.4) is 0 Å². The second kappa shape index (κ2) is 10.5.